The molecule has 37 heavy (non-hydrogen) atoms. The third kappa shape index (κ3) is 7.43. The van der Waals surface area contributed by atoms with Crippen LogP contribution in [0.25, 0.3) is 0 Å². The van der Waals surface area contributed by atoms with Crippen molar-refractivity contribution in [1.82, 2.24) is 10.3 Å². The van der Waals surface area contributed by atoms with E-state index >= 15 is 0 Å². The molecule has 194 valence electrons. The molecule has 0 saturated heterocycles. The molecule has 2 unspecified atom stereocenters. The molecule has 1 aromatic heterocycles. The van der Waals surface area contributed by atoms with Gasteiger partial charge in [-0.15, -0.1) is 0 Å². The van der Waals surface area contributed by atoms with Crippen molar-refractivity contribution in [1.29, 1.82) is 5.26 Å². The van der Waals surface area contributed by atoms with Gasteiger partial charge in [-0.05, 0) is 74.7 Å². The molecule has 0 aliphatic heterocycles. The third-order valence-electron chi connectivity index (χ3n) is 5.78. The van der Waals surface area contributed by atoms with Gasteiger partial charge in [-0.3, -0.25) is 4.79 Å². The number of amides is 1. The summed E-state index contributed by atoms with van der Waals surface area (Å²) in [6, 6.07) is 14.3. The molecule has 10 heteroatoms. The van der Waals surface area contributed by atoms with Crippen LogP contribution in [-0.2, 0) is 17.4 Å². The Kier molecular flexibility index (Phi) is 8.44. The van der Waals surface area contributed by atoms with Crippen LogP contribution in [0.5, 0.6) is 5.88 Å². The summed E-state index contributed by atoms with van der Waals surface area (Å²) in [5.74, 6) is -1.72. The molecular formula is C27H24ClF4N3O2. The second-order valence-electron chi connectivity index (χ2n) is 9.08. The van der Waals surface area contributed by atoms with Gasteiger partial charge in [0, 0.05) is 29.2 Å². The maximum Gasteiger partial charge on any atom is 0.417 e. The van der Waals surface area contributed by atoms with Crippen LogP contribution in [-0.4, -0.2) is 22.5 Å². The van der Waals surface area contributed by atoms with Gasteiger partial charge in [0.1, 0.15) is 5.82 Å². The van der Waals surface area contributed by atoms with E-state index in [1.54, 1.807) is 25.1 Å². The Bertz CT molecular complexity index is 1290. The lowest BCUT2D eigenvalue weighted by Gasteiger charge is -2.30. The van der Waals surface area contributed by atoms with E-state index in [2.05, 4.69) is 10.3 Å². The summed E-state index contributed by atoms with van der Waals surface area (Å²) >= 11 is 5.99. The molecule has 1 heterocycles. The van der Waals surface area contributed by atoms with E-state index in [1.807, 2.05) is 18.2 Å². The van der Waals surface area contributed by atoms with Crippen molar-refractivity contribution in [3.63, 3.8) is 0 Å². The minimum Gasteiger partial charge on any atom is -0.462 e. The highest BCUT2D eigenvalue weighted by Gasteiger charge is 2.35. The summed E-state index contributed by atoms with van der Waals surface area (Å²) in [6.07, 6.45) is -3.52. The SMILES string of the molecule is CC(NC(=O)C(C)(C)Oc1ccc(C(F)(F)[18F])cn1)C(Cc1ccc(Cl)cc1)c1cc(F)cc(C#N)c1. The van der Waals surface area contributed by atoms with Gasteiger partial charge in [0.2, 0.25) is 5.88 Å². The Labute approximate surface area is 217 Å². The van der Waals surface area contributed by atoms with Crippen molar-refractivity contribution in [2.75, 3.05) is 0 Å². The van der Waals surface area contributed by atoms with E-state index in [-0.39, 0.29) is 11.4 Å². The molecule has 0 bridgehead atoms. The van der Waals surface area contributed by atoms with Gasteiger partial charge in [0.15, 0.2) is 5.60 Å². The van der Waals surface area contributed by atoms with E-state index < -0.39 is 41.0 Å². The summed E-state index contributed by atoms with van der Waals surface area (Å²) in [4.78, 5) is 16.8. The number of nitrogens with one attached hydrogen (secondary N) is 1. The molecule has 1 amide bonds. The lowest BCUT2D eigenvalue weighted by atomic mass is 9.85. The molecule has 0 saturated carbocycles. The van der Waals surface area contributed by atoms with Crippen molar-refractivity contribution >= 4 is 17.5 Å². The van der Waals surface area contributed by atoms with E-state index in [4.69, 9.17) is 16.3 Å². The Morgan fingerprint density at radius 1 is 1.14 bits per heavy atom. The zero-order valence-electron chi connectivity index (χ0n) is 20.2. The van der Waals surface area contributed by atoms with Crippen LogP contribution in [0.4, 0.5) is 17.6 Å². The van der Waals surface area contributed by atoms with Gasteiger partial charge >= 0.3 is 6.18 Å². The second-order valence-corrected chi connectivity index (χ2v) is 9.52. The van der Waals surface area contributed by atoms with Gasteiger partial charge in [0.05, 0.1) is 17.2 Å². The number of rotatable bonds is 8. The van der Waals surface area contributed by atoms with Crippen molar-refractivity contribution < 1.29 is 27.1 Å². The quantitative estimate of drug-likeness (QED) is 0.338. The fourth-order valence-electron chi connectivity index (χ4n) is 3.75. The predicted octanol–water partition coefficient (Wildman–Crippen LogP) is 6.45. The van der Waals surface area contributed by atoms with Gasteiger partial charge in [-0.1, -0.05) is 23.7 Å². The second kappa shape index (κ2) is 11.2. The number of alkyl halides is 3. The number of carbonyl (C=O) groups is 1. The standard InChI is InChI=1S/C27H24ClF4N3O2/c1-16(35-25(36)26(2,3)37-24-9-6-20(15-34-24)27(30,31)32)23(12-17-4-7-21(28)8-5-17)19-10-18(14-33)11-22(29)13-19/h4-11,13,15-16,23H,12H2,1-3H3,(H,35,36)/i30-1. The number of nitriles is 1. The Morgan fingerprint density at radius 2 is 1.81 bits per heavy atom. The topological polar surface area (TPSA) is 75.0 Å². The largest absolute Gasteiger partial charge is 0.462 e. The first-order chi connectivity index (χ1) is 17.3. The van der Waals surface area contributed by atoms with Crippen LogP contribution in [0.1, 0.15) is 48.9 Å². The van der Waals surface area contributed by atoms with E-state index in [0.29, 0.717) is 23.2 Å². The molecule has 3 aromatic rings. The minimum atomic E-state index is -4.55. The molecule has 0 aliphatic rings. The predicted molar refractivity (Wildman–Crippen MR) is 131 cm³/mol. The molecule has 0 fully saturated rings. The van der Waals surface area contributed by atoms with Crippen molar-refractivity contribution in [3.8, 4) is 11.9 Å². The van der Waals surface area contributed by atoms with Crippen LogP contribution in [0, 0.1) is 17.1 Å². The lowest BCUT2D eigenvalue weighted by molar-refractivity contribution is -0.138. The average molecular weight is 533 g/mol. The first-order valence-electron chi connectivity index (χ1n) is 11.3. The molecule has 2 aromatic carbocycles. The number of benzene rings is 2. The first kappa shape index (κ1) is 27.9. The third-order valence-corrected chi connectivity index (χ3v) is 6.03. The number of aromatic nitrogens is 1. The summed E-state index contributed by atoms with van der Waals surface area (Å²) in [5.41, 5.74) is -0.893. The fourth-order valence-corrected chi connectivity index (χ4v) is 3.87. The van der Waals surface area contributed by atoms with Gasteiger partial charge in [0.25, 0.3) is 5.91 Å². The molecular weight excluding hydrogens is 509 g/mol. The summed E-state index contributed by atoms with van der Waals surface area (Å²) in [7, 11) is 0. The normalized spacial score (nSPS) is 13.4. The molecule has 3 rings (SSSR count). The monoisotopic (exact) mass is 532 g/mol. The van der Waals surface area contributed by atoms with Gasteiger partial charge in [-0.25, -0.2) is 9.37 Å². The highest BCUT2D eigenvalue weighted by atomic mass is 35.5. The highest BCUT2D eigenvalue weighted by molar-refractivity contribution is 6.30. The number of halogens is 5. The molecule has 0 radical (unpaired) electrons. The minimum absolute atomic E-state index is 0.145. The number of ether oxygens (including phenoxy) is 1. The van der Waals surface area contributed by atoms with E-state index in [0.717, 1.165) is 23.8 Å². The summed E-state index contributed by atoms with van der Waals surface area (Å²) < 4.78 is 58.3. The summed E-state index contributed by atoms with van der Waals surface area (Å²) in [6.45, 7) is 4.65. The van der Waals surface area contributed by atoms with Crippen molar-refractivity contribution in [2.24, 2.45) is 0 Å². The van der Waals surface area contributed by atoms with Crippen molar-refractivity contribution in [3.05, 3.63) is 93.9 Å². The number of hydrogen-bond acceptors (Lipinski definition) is 4. The molecule has 0 aliphatic carbocycles. The van der Waals surface area contributed by atoms with Crippen molar-refractivity contribution in [2.45, 2.75) is 50.9 Å². The average Bonchev–Trinajstić information content (AvgIpc) is 2.82. The number of pyridine rings is 1. The first-order valence-corrected chi connectivity index (χ1v) is 11.6. The molecule has 2 atom stereocenters. The maximum absolute atomic E-state index is 14.3. The van der Waals surface area contributed by atoms with Crippen LogP contribution in [0.2, 0.25) is 5.02 Å². The Balaban J connectivity index is 1.82. The Hall–Kier alpha value is -3.64. The van der Waals surface area contributed by atoms with E-state index in [9.17, 15) is 27.6 Å². The Morgan fingerprint density at radius 3 is 2.38 bits per heavy atom. The van der Waals surface area contributed by atoms with Gasteiger partial charge in [-0.2, -0.15) is 18.4 Å². The number of hydrogen-bond donors (Lipinski definition) is 1. The molecule has 5 nitrogen and oxygen atoms in total. The molecule has 0 spiro atoms. The lowest BCUT2D eigenvalue weighted by Crippen LogP contribution is -2.51. The molecule has 1 N–H and O–H groups in total. The van der Waals surface area contributed by atoms with Crippen LogP contribution in [0.15, 0.2) is 60.8 Å². The van der Waals surface area contributed by atoms with Gasteiger partial charge < -0.3 is 10.1 Å². The van der Waals surface area contributed by atoms with E-state index in [1.165, 1.54) is 19.9 Å². The summed E-state index contributed by atoms with van der Waals surface area (Å²) in [5, 5.41) is 12.7. The van der Waals surface area contributed by atoms with Crippen LogP contribution >= 0.6 is 11.6 Å². The maximum atomic E-state index is 14.3. The number of carbonyl (C=O) groups excluding carboxylic acids is 1. The highest BCUT2D eigenvalue weighted by Crippen LogP contribution is 2.30. The number of nitrogens with zero attached hydrogens (tertiary/aromatic N) is 2. The van der Waals surface area contributed by atoms with Crippen LogP contribution < -0.4 is 10.1 Å². The zero-order chi connectivity index (χ0) is 27.4. The zero-order valence-corrected chi connectivity index (χ0v) is 21.0. The fraction of sp³-hybridized carbons (Fsp3) is 0.296. The smallest absolute Gasteiger partial charge is 0.417 e. The van der Waals surface area contributed by atoms with Crippen LogP contribution in [0.3, 0.4) is 0 Å².